The van der Waals surface area contributed by atoms with Crippen LogP contribution in [0.15, 0.2) is 15.7 Å². The second kappa shape index (κ2) is 7.98. The molecule has 0 radical (unpaired) electrons. The molecule has 1 aromatic heterocycles. The SMILES string of the molecule is COc1c(N2CCC(C(N)C(CF)CF)C2)c(F)cc2c(=O)[nH]c(=O)n(C3CC3)c12. The number of aromatic nitrogens is 2. The van der Waals surface area contributed by atoms with Gasteiger partial charge in [0.25, 0.3) is 5.56 Å². The second-order valence-electron chi connectivity index (χ2n) is 8.14. The molecule has 1 aliphatic carbocycles. The van der Waals surface area contributed by atoms with Gasteiger partial charge in [-0.1, -0.05) is 0 Å². The zero-order valence-electron chi connectivity index (χ0n) is 16.7. The van der Waals surface area contributed by atoms with Crippen LogP contribution in [0.2, 0.25) is 0 Å². The molecule has 2 unspecified atom stereocenters. The number of H-pyrrole nitrogens is 1. The van der Waals surface area contributed by atoms with Crippen LogP contribution in [0.25, 0.3) is 10.9 Å². The first-order valence-electron chi connectivity index (χ1n) is 10.1. The highest BCUT2D eigenvalue weighted by Gasteiger charge is 2.36. The van der Waals surface area contributed by atoms with Gasteiger partial charge in [0, 0.05) is 31.1 Å². The van der Waals surface area contributed by atoms with Crippen LogP contribution in [0.3, 0.4) is 0 Å². The van der Waals surface area contributed by atoms with E-state index in [1.54, 1.807) is 4.90 Å². The Morgan fingerprint density at radius 1 is 1.27 bits per heavy atom. The summed E-state index contributed by atoms with van der Waals surface area (Å²) in [7, 11) is 1.36. The van der Waals surface area contributed by atoms with Crippen molar-refractivity contribution in [2.24, 2.45) is 17.6 Å². The summed E-state index contributed by atoms with van der Waals surface area (Å²) >= 11 is 0. The van der Waals surface area contributed by atoms with E-state index in [-0.39, 0.29) is 34.3 Å². The summed E-state index contributed by atoms with van der Waals surface area (Å²) in [6.45, 7) is -0.983. The van der Waals surface area contributed by atoms with Gasteiger partial charge < -0.3 is 15.4 Å². The molecule has 10 heteroatoms. The van der Waals surface area contributed by atoms with Crippen LogP contribution in [0, 0.1) is 17.7 Å². The van der Waals surface area contributed by atoms with Gasteiger partial charge in [0.05, 0.1) is 25.8 Å². The lowest BCUT2D eigenvalue weighted by atomic mass is 9.90. The van der Waals surface area contributed by atoms with Gasteiger partial charge in [-0.05, 0) is 31.2 Å². The number of benzene rings is 1. The van der Waals surface area contributed by atoms with Gasteiger partial charge in [0.15, 0.2) is 11.6 Å². The van der Waals surface area contributed by atoms with E-state index < -0.39 is 42.4 Å². The topological polar surface area (TPSA) is 93.3 Å². The van der Waals surface area contributed by atoms with Crippen LogP contribution in [0.1, 0.15) is 25.3 Å². The number of rotatable bonds is 7. The molecule has 0 bridgehead atoms. The van der Waals surface area contributed by atoms with Gasteiger partial charge in [-0.2, -0.15) is 0 Å². The van der Waals surface area contributed by atoms with E-state index in [2.05, 4.69) is 4.98 Å². The van der Waals surface area contributed by atoms with Crippen molar-refractivity contribution in [3.8, 4) is 5.75 Å². The molecule has 2 atom stereocenters. The number of halogens is 3. The normalized spacial score (nSPS) is 20.3. The van der Waals surface area contributed by atoms with Crippen molar-refractivity contribution in [1.82, 2.24) is 9.55 Å². The molecular formula is C20H25F3N4O3. The van der Waals surface area contributed by atoms with E-state index in [4.69, 9.17) is 10.5 Å². The summed E-state index contributed by atoms with van der Waals surface area (Å²) in [5, 5.41) is 0.0435. The number of ether oxygens (including phenoxy) is 1. The highest BCUT2D eigenvalue weighted by atomic mass is 19.1. The molecule has 1 saturated carbocycles. The molecule has 30 heavy (non-hydrogen) atoms. The molecule has 2 heterocycles. The summed E-state index contributed by atoms with van der Waals surface area (Å²) in [6, 6.07) is 0.356. The third kappa shape index (κ3) is 3.36. The highest BCUT2D eigenvalue weighted by Crippen LogP contribution is 2.43. The first kappa shape index (κ1) is 20.8. The van der Waals surface area contributed by atoms with Crippen molar-refractivity contribution >= 4 is 16.6 Å². The van der Waals surface area contributed by atoms with Gasteiger partial charge >= 0.3 is 5.69 Å². The van der Waals surface area contributed by atoms with Crippen LogP contribution in [0.5, 0.6) is 5.75 Å². The van der Waals surface area contributed by atoms with Crippen molar-refractivity contribution in [1.29, 1.82) is 0 Å². The third-order valence-electron chi connectivity index (χ3n) is 6.25. The number of hydrogen-bond donors (Lipinski definition) is 2. The van der Waals surface area contributed by atoms with E-state index in [1.165, 1.54) is 11.7 Å². The fourth-order valence-electron chi connectivity index (χ4n) is 4.45. The predicted molar refractivity (Wildman–Crippen MR) is 107 cm³/mol. The average molecular weight is 426 g/mol. The van der Waals surface area contributed by atoms with Crippen LogP contribution >= 0.6 is 0 Å². The largest absolute Gasteiger partial charge is 0.492 e. The number of nitrogens with zero attached hydrogens (tertiary/aromatic N) is 2. The van der Waals surface area contributed by atoms with Crippen molar-refractivity contribution in [2.75, 3.05) is 38.4 Å². The molecule has 4 rings (SSSR count). The minimum atomic E-state index is -0.892. The number of nitrogens with two attached hydrogens (primary N) is 1. The number of methoxy groups -OCH3 is 1. The standard InChI is InChI=1S/C20H25F3N4O3/c1-30-18-16-13(19(28)25-20(29)27(16)12-2-3-12)6-14(23)17(18)26-5-4-10(9-26)15(24)11(7-21)8-22/h6,10-12,15H,2-5,7-9,24H2,1H3,(H,25,28,29). The lowest BCUT2D eigenvalue weighted by Gasteiger charge is -2.27. The molecule has 1 aromatic carbocycles. The molecule has 7 nitrogen and oxygen atoms in total. The van der Waals surface area contributed by atoms with Crippen molar-refractivity contribution in [2.45, 2.75) is 31.3 Å². The summed E-state index contributed by atoms with van der Waals surface area (Å²) in [5.41, 5.74) is 5.25. The average Bonchev–Trinajstić information content (AvgIpc) is 3.44. The third-order valence-corrected chi connectivity index (χ3v) is 6.25. The first-order chi connectivity index (χ1) is 14.4. The monoisotopic (exact) mass is 426 g/mol. The molecule has 2 aliphatic rings. The summed E-state index contributed by atoms with van der Waals surface area (Å²) in [5.74, 6) is -1.66. The van der Waals surface area contributed by atoms with Crippen molar-refractivity contribution in [3.63, 3.8) is 0 Å². The molecule has 0 spiro atoms. The Kier molecular flexibility index (Phi) is 5.52. The van der Waals surface area contributed by atoms with Gasteiger partial charge in [-0.15, -0.1) is 0 Å². The van der Waals surface area contributed by atoms with Gasteiger partial charge in [0.1, 0.15) is 11.2 Å². The highest BCUT2D eigenvalue weighted by molar-refractivity contribution is 5.91. The number of nitrogens with one attached hydrogen (secondary N) is 1. The smallest absolute Gasteiger partial charge is 0.329 e. The second-order valence-corrected chi connectivity index (χ2v) is 8.14. The fourth-order valence-corrected chi connectivity index (χ4v) is 4.45. The number of hydrogen-bond acceptors (Lipinski definition) is 5. The molecule has 2 fully saturated rings. The van der Waals surface area contributed by atoms with Crippen molar-refractivity contribution < 1.29 is 17.9 Å². The summed E-state index contributed by atoms with van der Waals surface area (Å²) in [4.78, 5) is 28.8. The molecular weight excluding hydrogens is 401 g/mol. The maximum Gasteiger partial charge on any atom is 0.329 e. The van der Waals surface area contributed by atoms with Gasteiger partial charge in [-0.25, -0.2) is 9.18 Å². The van der Waals surface area contributed by atoms with Crippen LogP contribution in [-0.2, 0) is 0 Å². The van der Waals surface area contributed by atoms with Crippen LogP contribution in [0.4, 0.5) is 18.9 Å². The zero-order valence-corrected chi connectivity index (χ0v) is 16.7. The van der Waals surface area contributed by atoms with E-state index in [1.807, 2.05) is 0 Å². The van der Waals surface area contributed by atoms with Gasteiger partial charge in [-0.3, -0.25) is 23.1 Å². The van der Waals surface area contributed by atoms with Crippen LogP contribution < -0.4 is 26.6 Å². The van der Waals surface area contributed by atoms with E-state index >= 15 is 4.39 Å². The first-order valence-corrected chi connectivity index (χ1v) is 10.1. The van der Waals surface area contributed by atoms with Gasteiger partial charge in [0.2, 0.25) is 0 Å². The summed E-state index contributed by atoms with van der Waals surface area (Å²) in [6.07, 6.45) is 2.11. The van der Waals surface area contributed by atoms with E-state index in [0.29, 0.717) is 19.5 Å². The maximum absolute atomic E-state index is 15.2. The Labute approximate surface area is 170 Å². The predicted octanol–water partition coefficient (Wildman–Crippen LogP) is 1.88. The van der Waals surface area contributed by atoms with Crippen LogP contribution in [-0.4, -0.2) is 49.1 Å². The molecule has 2 aromatic rings. The van der Waals surface area contributed by atoms with Crippen molar-refractivity contribution in [3.05, 3.63) is 32.7 Å². The Bertz CT molecular complexity index is 1060. The molecule has 0 amide bonds. The molecule has 1 aliphatic heterocycles. The Morgan fingerprint density at radius 3 is 2.57 bits per heavy atom. The van der Waals surface area contributed by atoms with E-state index in [9.17, 15) is 18.4 Å². The maximum atomic E-state index is 15.2. The summed E-state index contributed by atoms with van der Waals surface area (Å²) < 4.78 is 48.3. The Balaban J connectivity index is 1.80. The molecule has 3 N–H and O–H groups in total. The number of anilines is 1. The lowest BCUT2D eigenvalue weighted by molar-refractivity contribution is 0.217. The number of alkyl halides is 2. The minimum Gasteiger partial charge on any atom is -0.492 e. The quantitative estimate of drug-likeness (QED) is 0.705. The molecule has 164 valence electrons. The number of aromatic amines is 1. The Morgan fingerprint density at radius 2 is 1.97 bits per heavy atom. The zero-order chi connectivity index (χ0) is 21.6. The van der Waals surface area contributed by atoms with E-state index in [0.717, 1.165) is 18.9 Å². The fraction of sp³-hybridized carbons (Fsp3) is 0.600. The minimum absolute atomic E-state index is 0.0435. The Hall–Kier alpha value is -2.49. The lowest BCUT2D eigenvalue weighted by Crippen LogP contribution is -2.41. The number of fused-ring (bicyclic) bond motifs is 1. The molecule has 1 saturated heterocycles.